The van der Waals surface area contributed by atoms with Gasteiger partial charge in [-0.2, -0.15) is 10.1 Å². The molecule has 4 heterocycles. The Morgan fingerprint density at radius 1 is 1.23 bits per heavy atom. The molecule has 0 amide bonds. The van der Waals surface area contributed by atoms with E-state index in [0.29, 0.717) is 12.5 Å². The maximum absolute atomic E-state index is 4.52. The third kappa shape index (κ3) is 2.30. The molecule has 0 radical (unpaired) electrons. The SMILES string of the molecule is Cn1cc(N2C=Cn3nc(Nc4cccnc4)nc3C2)cn1. The predicted octanol–water partition coefficient (Wildman–Crippen LogP) is 1.60. The minimum absolute atomic E-state index is 0.556. The molecule has 0 fully saturated rings. The summed E-state index contributed by atoms with van der Waals surface area (Å²) in [4.78, 5) is 10.7. The standard InChI is InChI=1S/C14H14N8/c1-20-9-12(8-16-20)21-5-6-22-13(10-21)18-14(19-22)17-11-3-2-4-15-7-11/h2-9H,10H2,1H3,(H,17,19). The van der Waals surface area contributed by atoms with Crippen molar-refractivity contribution < 1.29 is 0 Å². The highest BCUT2D eigenvalue weighted by Crippen LogP contribution is 2.21. The van der Waals surface area contributed by atoms with E-state index in [1.165, 1.54) is 0 Å². The minimum Gasteiger partial charge on any atom is -0.336 e. The molecule has 1 N–H and O–H groups in total. The van der Waals surface area contributed by atoms with Gasteiger partial charge in [-0.05, 0) is 12.1 Å². The Morgan fingerprint density at radius 2 is 2.18 bits per heavy atom. The number of fused-ring (bicyclic) bond motifs is 1. The largest absolute Gasteiger partial charge is 0.336 e. The van der Waals surface area contributed by atoms with Crippen LogP contribution in [0.2, 0.25) is 0 Å². The van der Waals surface area contributed by atoms with Crippen LogP contribution in [0, 0.1) is 0 Å². The second-order valence-electron chi connectivity index (χ2n) is 4.96. The first-order valence-corrected chi connectivity index (χ1v) is 6.84. The van der Waals surface area contributed by atoms with Crippen molar-refractivity contribution >= 4 is 23.5 Å². The van der Waals surface area contributed by atoms with E-state index in [0.717, 1.165) is 17.2 Å². The first kappa shape index (κ1) is 12.6. The molecule has 0 spiro atoms. The van der Waals surface area contributed by atoms with Crippen molar-refractivity contribution in [3.8, 4) is 0 Å². The highest BCUT2D eigenvalue weighted by atomic mass is 15.4. The molecular weight excluding hydrogens is 280 g/mol. The fraction of sp³-hybridized carbons (Fsp3) is 0.143. The number of nitrogens with zero attached hydrogens (tertiary/aromatic N) is 7. The average Bonchev–Trinajstić information content (AvgIpc) is 3.13. The maximum Gasteiger partial charge on any atom is 0.247 e. The van der Waals surface area contributed by atoms with Gasteiger partial charge in [-0.1, -0.05) is 0 Å². The van der Waals surface area contributed by atoms with Crippen LogP contribution in [0.4, 0.5) is 17.3 Å². The quantitative estimate of drug-likeness (QED) is 0.790. The Kier molecular flexibility index (Phi) is 2.85. The van der Waals surface area contributed by atoms with Gasteiger partial charge >= 0.3 is 0 Å². The van der Waals surface area contributed by atoms with Gasteiger partial charge in [-0.25, -0.2) is 4.68 Å². The van der Waals surface area contributed by atoms with Gasteiger partial charge in [0.05, 0.1) is 30.3 Å². The van der Waals surface area contributed by atoms with Gasteiger partial charge in [0.15, 0.2) is 5.82 Å². The zero-order valence-corrected chi connectivity index (χ0v) is 12.0. The molecule has 0 aliphatic carbocycles. The van der Waals surface area contributed by atoms with E-state index >= 15 is 0 Å². The number of hydrogen-bond donors (Lipinski definition) is 1. The number of nitrogens with one attached hydrogen (secondary N) is 1. The van der Waals surface area contributed by atoms with Gasteiger partial charge in [0.25, 0.3) is 0 Å². The summed E-state index contributed by atoms with van der Waals surface area (Å²) in [6, 6.07) is 3.78. The average molecular weight is 294 g/mol. The van der Waals surface area contributed by atoms with Crippen molar-refractivity contribution in [2.75, 3.05) is 10.2 Å². The molecule has 0 saturated carbocycles. The lowest BCUT2D eigenvalue weighted by Gasteiger charge is -2.20. The molecule has 8 heteroatoms. The van der Waals surface area contributed by atoms with Crippen LogP contribution in [0.1, 0.15) is 5.82 Å². The summed E-state index contributed by atoms with van der Waals surface area (Å²) in [5.41, 5.74) is 1.88. The van der Waals surface area contributed by atoms with Crippen molar-refractivity contribution in [2.24, 2.45) is 7.05 Å². The summed E-state index contributed by atoms with van der Waals surface area (Å²) in [5.74, 6) is 1.42. The Balaban J connectivity index is 1.55. The summed E-state index contributed by atoms with van der Waals surface area (Å²) >= 11 is 0. The molecule has 0 bridgehead atoms. The molecule has 1 aliphatic heterocycles. The molecule has 3 aromatic rings. The molecule has 0 saturated heterocycles. The Bertz CT molecular complexity index is 816. The van der Waals surface area contributed by atoms with Gasteiger partial charge < -0.3 is 10.2 Å². The molecule has 0 atom stereocenters. The molecule has 0 unspecified atom stereocenters. The van der Waals surface area contributed by atoms with Crippen molar-refractivity contribution in [1.29, 1.82) is 0 Å². The van der Waals surface area contributed by atoms with Gasteiger partial charge in [-0.15, -0.1) is 5.10 Å². The topological polar surface area (TPSA) is 76.7 Å². The second-order valence-corrected chi connectivity index (χ2v) is 4.96. The molecule has 0 aromatic carbocycles. The van der Waals surface area contributed by atoms with Gasteiger partial charge in [0, 0.05) is 31.8 Å². The molecule has 22 heavy (non-hydrogen) atoms. The molecular formula is C14H14N8. The van der Waals surface area contributed by atoms with Crippen LogP contribution in [-0.4, -0.2) is 29.5 Å². The van der Waals surface area contributed by atoms with E-state index < -0.39 is 0 Å². The van der Waals surface area contributed by atoms with Crippen LogP contribution < -0.4 is 10.2 Å². The van der Waals surface area contributed by atoms with Crippen molar-refractivity contribution in [2.45, 2.75) is 6.54 Å². The van der Waals surface area contributed by atoms with E-state index in [2.05, 4.69) is 30.4 Å². The maximum atomic E-state index is 4.52. The van der Waals surface area contributed by atoms with Gasteiger partial charge in [0.2, 0.25) is 5.95 Å². The lowest BCUT2D eigenvalue weighted by atomic mass is 10.4. The summed E-state index contributed by atoms with van der Waals surface area (Å²) < 4.78 is 3.55. The second kappa shape index (κ2) is 4.99. The highest BCUT2D eigenvalue weighted by molar-refractivity contribution is 5.54. The first-order valence-electron chi connectivity index (χ1n) is 6.84. The number of aromatic nitrogens is 6. The molecule has 1 aliphatic rings. The number of anilines is 3. The molecule has 3 aromatic heterocycles. The highest BCUT2D eigenvalue weighted by Gasteiger charge is 2.17. The molecule has 4 rings (SSSR count). The monoisotopic (exact) mass is 294 g/mol. The van der Waals surface area contributed by atoms with Crippen LogP contribution in [0.5, 0.6) is 0 Å². The Morgan fingerprint density at radius 3 is 2.95 bits per heavy atom. The number of aryl methyl sites for hydroxylation is 1. The summed E-state index contributed by atoms with van der Waals surface area (Å²) in [5, 5.41) is 11.7. The Labute approximate surface area is 126 Å². The third-order valence-corrected chi connectivity index (χ3v) is 3.34. The van der Waals surface area contributed by atoms with E-state index in [1.54, 1.807) is 21.8 Å². The zero-order chi connectivity index (χ0) is 14.9. The van der Waals surface area contributed by atoms with Crippen LogP contribution in [0.15, 0.2) is 43.1 Å². The van der Waals surface area contributed by atoms with E-state index in [4.69, 9.17) is 0 Å². The third-order valence-electron chi connectivity index (χ3n) is 3.34. The van der Waals surface area contributed by atoms with Gasteiger partial charge in [0.1, 0.15) is 0 Å². The molecule has 110 valence electrons. The summed E-state index contributed by atoms with van der Waals surface area (Å²) in [6.45, 7) is 0.643. The van der Waals surface area contributed by atoms with E-state index in [1.807, 2.05) is 44.0 Å². The smallest absolute Gasteiger partial charge is 0.247 e. The lowest BCUT2D eigenvalue weighted by Crippen LogP contribution is -2.21. The minimum atomic E-state index is 0.556. The fourth-order valence-corrected chi connectivity index (χ4v) is 2.28. The fourth-order valence-electron chi connectivity index (χ4n) is 2.28. The zero-order valence-electron chi connectivity index (χ0n) is 12.0. The summed E-state index contributed by atoms with van der Waals surface area (Å²) in [7, 11) is 1.90. The Hall–Kier alpha value is -3.16. The number of pyridine rings is 1. The van der Waals surface area contributed by atoms with Crippen LogP contribution in [0.3, 0.4) is 0 Å². The lowest BCUT2D eigenvalue weighted by molar-refractivity contribution is 0.763. The van der Waals surface area contributed by atoms with Crippen LogP contribution in [0.25, 0.3) is 6.20 Å². The van der Waals surface area contributed by atoms with Crippen LogP contribution >= 0.6 is 0 Å². The first-order chi connectivity index (χ1) is 10.8. The van der Waals surface area contributed by atoms with Crippen LogP contribution in [-0.2, 0) is 13.6 Å². The number of hydrogen-bond acceptors (Lipinski definition) is 6. The van der Waals surface area contributed by atoms with Gasteiger partial charge in [-0.3, -0.25) is 9.67 Å². The predicted molar refractivity (Wildman–Crippen MR) is 82.3 cm³/mol. The van der Waals surface area contributed by atoms with Crippen molar-refractivity contribution in [3.05, 3.63) is 48.9 Å². The molecule has 8 nitrogen and oxygen atoms in total. The van der Waals surface area contributed by atoms with Crippen molar-refractivity contribution in [3.63, 3.8) is 0 Å². The van der Waals surface area contributed by atoms with E-state index in [9.17, 15) is 0 Å². The summed E-state index contributed by atoms with van der Waals surface area (Å²) in [6.07, 6.45) is 11.1. The number of rotatable bonds is 3. The normalized spacial score (nSPS) is 13.2. The van der Waals surface area contributed by atoms with Crippen molar-refractivity contribution in [1.82, 2.24) is 29.5 Å². The van der Waals surface area contributed by atoms with E-state index in [-0.39, 0.29) is 0 Å².